The van der Waals surface area contributed by atoms with Gasteiger partial charge in [-0.15, -0.1) is 0 Å². The third kappa shape index (κ3) is 5.84. The Labute approximate surface area is 163 Å². The summed E-state index contributed by atoms with van der Waals surface area (Å²) in [5, 5.41) is 6.85. The summed E-state index contributed by atoms with van der Waals surface area (Å²) in [6.45, 7) is 8.48. The molecule has 150 valence electrons. The number of guanidine groups is 1. The summed E-state index contributed by atoms with van der Waals surface area (Å²) >= 11 is 0. The van der Waals surface area contributed by atoms with Crippen molar-refractivity contribution in [3.63, 3.8) is 0 Å². The molecule has 0 bridgehead atoms. The molecule has 2 aliphatic rings. The Morgan fingerprint density at radius 2 is 2.30 bits per heavy atom. The molecule has 6 heteroatoms. The van der Waals surface area contributed by atoms with E-state index >= 15 is 0 Å². The Hall–Kier alpha value is -1.79. The van der Waals surface area contributed by atoms with E-state index in [1.54, 1.807) is 7.11 Å². The Bertz CT molecular complexity index is 620. The van der Waals surface area contributed by atoms with E-state index < -0.39 is 0 Å². The molecule has 1 fully saturated rings. The Kier molecular flexibility index (Phi) is 7.78. The fraction of sp³-hybridized carbons (Fsp3) is 0.667. The van der Waals surface area contributed by atoms with Crippen molar-refractivity contribution in [2.45, 2.75) is 38.6 Å². The lowest BCUT2D eigenvalue weighted by Gasteiger charge is -2.23. The summed E-state index contributed by atoms with van der Waals surface area (Å²) in [7, 11) is 1.77. The highest BCUT2D eigenvalue weighted by molar-refractivity contribution is 5.79. The Balaban J connectivity index is 1.47. The van der Waals surface area contributed by atoms with E-state index in [2.05, 4.69) is 40.7 Å². The Morgan fingerprint density at radius 1 is 1.37 bits per heavy atom. The van der Waals surface area contributed by atoms with Crippen molar-refractivity contribution in [1.29, 1.82) is 0 Å². The maximum absolute atomic E-state index is 5.59. The molecule has 3 rings (SSSR count). The summed E-state index contributed by atoms with van der Waals surface area (Å²) in [6.07, 6.45) is 4.50. The molecule has 1 aromatic rings. The van der Waals surface area contributed by atoms with Crippen molar-refractivity contribution in [3.05, 3.63) is 29.3 Å². The third-order valence-corrected chi connectivity index (χ3v) is 5.35. The molecule has 27 heavy (non-hydrogen) atoms. The van der Waals surface area contributed by atoms with Crippen LogP contribution in [0.5, 0.6) is 5.75 Å². The van der Waals surface area contributed by atoms with Gasteiger partial charge in [-0.05, 0) is 49.9 Å². The van der Waals surface area contributed by atoms with Gasteiger partial charge in [-0.1, -0.05) is 12.1 Å². The van der Waals surface area contributed by atoms with Crippen LogP contribution in [0.1, 0.15) is 30.9 Å². The minimum Gasteiger partial charge on any atom is -0.493 e. The fourth-order valence-electron chi connectivity index (χ4n) is 3.86. The molecule has 0 spiro atoms. The van der Waals surface area contributed by atoms with Crippen LogP contribution in [-0.4, -0.2) is 69.9 Å². The van der Waals surface area contributed by atoms with Gasteiger partial charge in [0.2, 0.25) is 0 Å². The number of hydrogen-bond acceptors (Lipinski definition) is 4. The topological polar surface area (TPSA) is 58.1 Å². The minimum atomic E-state index is 0.535. The molecule has 1 aromatic carbocycles. The molecule has 0 aromatic heterocycles. The van der Waals surface area contributed by atoms with Crippen LogP contribution in [-0.2, 0) is 17.6 Å². The summed E-state index contributed by atoms with van der Waals surface area (Å²) in [4.78, 5) is 7.34. The van der Waals surface area contributed by atoms with E-state index in [1.807, 2.05) is 0 Å². The monoisotopic (exact) mass is 374 g/mol. The highest BCUT2D eigenvalue weighted by Crippen LogP contribution is 2.25. The number of fused-ring (bicyclic) bond motifs is 1. The molecule has 1 unspecified atom stereocenters. The number of aliphatic imine (C=N–C) groups is 1. The zero-order valence-corrected chi connectivity index (χ0v) is 16.8. The van der Waals surface area contributed by atoms with Crippen molar-refractivity contribution in [3.8, 4) is 5.75 Å². The average molecular weight is 375 g/mol. The predicted octanol–water partition coefficient (Wildman–Crippen LogP) is 1.83. The lowest BCUT2D eigenvalue weighted by atomic mass is 10.1. The lowest BCUT2D eigenvalue weighted by molar-refractivity contribution is 0.142. The second-order valence-electron chi connectivity index (χ2n) is 7.26. The minimum absolute atomic E-state index is 0.535. The quantitative estimate of drug-likeness (QED) is 0.510. The van der Waals surface area contributed by atoms with Crippen LogP contribution in [0.15, 0.2) is 23.2 Å². The summed E-state index contributed by atoms with van der Waals surface area (Å²) < 4.78 is 10.8. The van der Waals surface area contributed by atoms with Crippen molar-refractivity contribution in [2.75, 3.05) is 53.0 Å². The molecule has 0 amide bonds. The first-order valence-electron chi connectivity index (χ1n) is 10.3. The highest BCUT2D eigenvalue weighted by Gasteiger charge is 2.23. The highest BCUT2D eigenvalue weighted by atomic mass is 16.5. The van der Waals surface area contributed by atoms with Gasteiger partial charge in [0.05, 0.1) is 19.8 Å². The third-order valence-electron chi connectivity index (χ3n) is 5.35. The van der Waals surface area contributed by atoms with Crippen LogP contribution < -0.4 is 15.4 Å². The van der Waals surface area contributed by atoms with E-state index in [-0.39, 0.29) is 0 Å². The normalized spacial score (nSPS) is 19.8. The first kappa shape index (κ1) is 20.0. The molecule has 1 atom stereocenters. The number of nitrogens with one attached hydrogen (secondary N) is 2. The fourth-order valence-corrected chi connectivity index (χ4v) is 3.86. The molecule has 2 N–H and O–H groups in total. The molecular formula is C21H34N4O2. The lowest BCUT2D eigenvalue weighted by Crippen LogP contribution is -2.40. The van der Waals surface area contributed by atoms with Gasteiger partial charge in [0.1, 0.15) is 5.75 Å². The molecule has 0 aliphatic carbocycles. The van der Waals surface area contributed by atoms with Crippen molar-refractivity contribution >= 4 is 5.96 Å². The van der Waals surface area contributed by atoms with Crippen molar-refractivity contribution < 1.29 is 9.47 Å². The van der Waals surface area contributed by atoms with Gasteiger partial charge in [-0.25, -0.2) is 0 Å². The molecular weight excluding hydrogens is 340 g/mol. The zero-order chi connectivity index (χ0) is 18.9. The van der Waals surface area contributed by atoms with Gasteiger partial charge >= 0.3 is 0 Å². The van der Waals surface area contributed by atoms with Crippen molar-refractivity contribution in [1.82, 2.24) is 15.5 Å². The zero-order valence-electron chi connectivity index (χ0n) is 16.8. The van der Waals surface area contributed by atoms with Crippen LogP contribution in [0.25, 0.3) is 0 Å². The summed E-state index contributed by atoms with van der Waals surface area (Å²) in [6, 6.07) is 7.08. The van der Waals surface area contributed by atoms with Crippen LogP contribution in [0.4, 0.5) is 0 Å². The van der Waals surface area contributed by atoms with Gasteiger partial charge < -0.3 is 20.1 Å². The first-order chi connectivity index (χ1) is 13.3. The van der Waals surface area contributed by atoms with E-state index in [0.717, 1.165) is 70.5 Å². The van der Waals surface area contributed by atoms with Gasteiger partial charge in [0.15, 0.2) is 5.96 Å². The maximum atomic E-state index is 5.59. The number of likely N-dealkylation sites (tertiary alicyclic amines) is 1. The molecule has 2 aliphatic heterocycles. The standard InChI is InChI=1S/C21H34N4O2/c1-3-22-21(24-16-19-5-4-11-25(19)12-14-26-2)23-10-8-17-6-7-20-18(15-17)9-13-27-20/h6-7,15,19H,3-5,8-14,16H2,1-2H3,(H2,22,23,24). The predicted molar refractivity (Wildman–Crippen MR) is 110 cm³/mol. The van der Waals surface area contributed by atoms with Crippen LogP contribution in [0.3, 0.4) is 0 Å². The average Bonchev–Trinajstić information content (AvgIpc) is 3.33. The van der Waals surface area contributed by atoms with Crippen molar-refractivity contribution in [2.24, 2.45) is 4.99 Å². The van der Waals surface area contributed by atoms with Crippen LogP contribution >= 0.6 is 0 Å². The number of methoxy groups -OCH3 is 1. The second-order valence-corrected chi connectivity index (χ2v) is 7.26. The summed E-state index contributed by atoms with van der Waals surface area (Å²) in [5.74, 6) is 1.97. The number of hydrogen-bond donors (Lipinski definition) is 2. The van der Waals surface area contributed by atoms with E-state index in [1.165, 1.54) is 24.0 Å². The second kappa shape index (κ2) is 10.5. The maximum Gasteiger partial charge on any atom is 0.191 e. The Morgan fingerprint density at radius 3 is 3.15 bits per heavy atom. The molecule has 0 saturated carbocycles. The van der Waals surface area contributed by atoms with Gasteiger partial charge in [-0.3, -0.25) is 9.89 Å². The largest absolute Gasteiger partial charge is 0.493 e. The number of rotatable bonds is 9. The van der Waals surface area contributed by atoms with E-state index in [0.29, 0.717) is 6.04 Å². The van der Waals surface area contributed by atoms with Gasteiger partial charge in [-0.2, -0.15) is 0 Å². The van der Waals surface area contributed by atoms with E-state index in [9.17, 15) is 0 Å². The molecule has 2 heterocycles. The smallest absolute Gasteiger partial charge is 0.191 e. The molecule has 0 radical (unpaired) electrons. The number of benzene rings is 1. The van der Waals surface area contributed by atoms with Gasteiger partial charge in [0, 0.05) is 39.2 Å². The van der Waals surface area contributed by atoms with Crippen LogP contribution in [0.2, 0.25) is 0 Å². The van der Waals surface area contributed by atoms with Crippen LogP contribution in [0, 0.1) is 0 Å². The SMILES string of the molecule is CCNC(=NCC1CCCN1CCOC)NCCc1ccc2c(c1)CCO2. The number of ether oxygens (including phenoxy) is 2. The molecule has 1 saturated heterocycles. The summed E-state index contributed by atoms with van der Waals surface area (Å²) in [5.41, 5.74) is 2.69. The first-order valence-corrected chi connectivity index (χ1v) is 10.3. The number of nitrogens with zero attached hydrogens (tertiary/aromatic N) is 2. The molecule has 6 nitrogen and oxygen atoms in total. The van der Waals surface area contributed by atoms with Gasteiger partial charge in [0.25, 0.3) is 0 Å². The van der Waals surface area contributed by atoms with E-state index in [4.69, 9.17) is 14.5 Å².